The van der Waals surface area contributed by atoms with Crippen molar-refractivity contribution >= 4 is 55.8 Å². The van der Waals surface area contributed by atoms with Crippen LogP contribution in [0.5, 0.6) is 0 Å². The maximum absolute atomic E-state index is 13.3. The molecule has 3 rings (SSSR count). The Morgan fingerprint density at radius 2 is 1.53 bits per heavy atom. The summed E-state index contributed by atoms with van der Waals surface area (Å²) in [6.07, 6.45) is 0.410. The summed E-state index contributed by atoms with van der Waals surface area (Å²) < 4.78 is 31.5. The van der Waals surface area contributed by atoms with Gasteiger partial charge in [0.05, 0.1) is 11.7 Å². The summed E-state index contributed by atoms with van der Waals surface area (Å²) in [7, 11) is -4.15. The van der Waals surface area contributed by atoms with Crippen molar-refractivity contribution in [3.63, 3.8) is 0 Å². The fourth-order valence-corrected chi connectivity index (χ4v) is 4.27. The van der Waals surface area contributed by atoms with Gasteiger partial charge in [-0.15, -0.1) is 0 Å². The van der Waals surface area contributed by atoms with Crippen molar-refractivity contribution in [2.75, 3.05) is 17.6 Å². The van der Waals surface area contributed by atoms with Gasteiger partial charge in [-0.3, -0.25) is 14.1 Å². The minimum Gasteiger partial charge on any atom is -0.351 e. The molecule has 0 saturated carbocycles. The van der Waals surface area contributed by atoms with E-state index in [1.54, 1.807) is 24.3 Å². The number of benzene rings is 3. The lowest BCUT2D eigenvalue weighted by atomic mass is 9.89. The first-order chi connectivity index (χ1) is 17.0. The Labute approximate surface area is 224 Å². The minimum atomic E-state index is -4.15. The largest absolute Gasteiger partial charge is 0.351 e. The lowest BCUT2D eigenvalue weighted by Crippen LogP contribution is -2.28. The smallest absolute Gasteiger partial charge is 0.266 e. The molecule has 0 saturated heterocycles. The van der Waals surface area contributed by atoms with Crippen LogP contribution in [0.2, 0.25) is 0 Å². The van der Waals surface area contributed by atoms with Gasteiger partial charge in [0.1, 0.15) is 0 Å². The molecule has 0 aliphatic carbocycles. The minimum absolute atomic E-state index is 0.147. The molecule has 36 heavy (non-hydrogen) atoms. The molecule has 3 N–H and O–H groups in total. The number of rotatable bonds is 10. The van der Waals surface area contributed by atoms with Crippen molar-refractivity contribution in [3.05, 3.63) is 105 Å². The van der Waals surface area contributed by atoms with Gasteiger partial charge in [-0.25, -0.2) is 0 Å². The first-order valence-electron chi connectivity index (χ1n) is 11.2. The molecule has 0 aliphatic heterocycles. The Kier molecular flexibility index (Phi) is 9.41. The topological polar surface area (TPSA) is 113 Å². The van der Waals surface area contributed by atoms with Gasteiger partial charge in [0.25, 0.3) is 16.0 Å². The number of carbonyl (C=O) groups is 2. The van der Waals surface area contributed by atoms with Crippen LogP contribution in [-0.2, 0) is 21.3 Å². The first kappa shape index (κ1) is 27.6. The lowest BCUT2D eigenvalue weighted by Gasteiger charge is -2.18. The van der Waals surface area contributed by atoms with E-state index in [2.05, 4.69) is 39.8 Å². The highest BCUT2D eigenvalue weighted by Gasteiger charge is 2.22. The molecule has 1 unspecified atom stereocenters. The molecule has 0 spiro atoms. The average molecular weight is 618 g/mol. The number of anilines is 1. The van der Waals surface area contributed by atoms with Crippen LogP contribution in [0.1, 0.15) is 39.9 Å². The van der Waals surface area contributed by atoms with Crippen molar-refractivity contribution in [1.82, 2.24) is 5.32 Å². The average Bonchev–Trinajstić information content (AvgIpc) is 2.83. The molecule has 2 amide bonds. The maximum Gasteiger partial charge on any atom is 0.266 e. The van der Waals surface area contributed by atoms with Crippen LogP contribution in [-0.4, -0.2) is 37.1 Å². The molecule has 0 aliphatic rings. The van der Waals surface area contributed by atoms with Gasteiger partial charge in [0, 0.05) is 21.4 Å². The SMILES string of the molecule is C=C(C)c1ccc(C(Cc2ccc(C(=O)NCCS(=O)(=O)O)cc2)C(=O)Nc2ccc(I)cc2)cc1. The number of carbonyl (C=O) groups excluding carboxylic acids is 2. The fraction of sp³-hybridized carbons (Fsp3) is 0.185. The highest BCUT2D eigenvalue weighted by atomic mass is 127. The molecule has 3 aromatic rings. The Balaban J connectivity index is 1.78. The van der Waals surface area contributed by atoms with Crippen LogP contribution in [0, 0.1) is 3.57 Å². The van der Waals surface area contributed by atoms with E-state index >= 15 is 0 Å². The second-order valence-corrected chi connectivity index (χ2v) is 11.2. The zero-order valence-electron chi connectivity index (χ0n) is 19.7. The third-order valence-electron chi connectivity index (χ3n) is 5.54. The highest BCUT2D eigenvalue weighted by molar-refractivity contribution is 14.1. The van der Waals surface area contributed by atoms with Crippen LogP contribution < -0.4 is 10.6 Å². The molecular weight excluding hydrogens is 591 g/mol. The molecule has 1 atom stereocenters. The van der Waals surface area contributed by atoms with Gasteiger partial charge in [-0.2, -0.15) is 8.42 Å². The zero-order valence-corrected chi connectivity index (χ0v) is 22.7. The Bertz CT molecular complexity index is 1340. The van der Waals surface area contributed by atoms with Crippen molar-refractivity contribution in [2.24, 2.45) is 0 Å². The van der Waals surface area contributed by atoms with Crippen molar-refractivity contribution < 1.29 is 22.6 Å². The fourth-order valence-electron chi connectivity index (χ4n) is 3.55. The van der Waals surface area contributed by atoms with Crippen molar-refractivity contribution in [1.29, 1.82) is 0 Å². The molecule has 0 radical (unpaired) electrons. The van der Waals surface area contributed by atoms with Gasteiger partial charge in [-0.1, -0.05) is 48.6 Å². The molecule has 9 heteroatoms. The summed E-state index contributed by atoms with van der Waals surface area (Å²) in [5.74, 6) is -1.63. The third kappa shape index (κ3) is 8.28. The molecule has 7 nitrogen and oxygen atoms in total. The Morgan fingerprint density at radius 3 is 2.08 bits per heavy atom. The number of allylic oxidation sites excluding steroid dienone is 1. The number of halogens is 1. The predicted molar refractivity (Wildman–Crippen MR) is 151 cm³/mol. The van der Waals surface area contributed by atoms with Gasteiger partial charge >= 0.3 is 0 Å². The predicted octanol–water partition coefficient (Wildman–Crippen LogP) is 4.91. The number of hydrogen-bond donors (Lipinski definition) is 3. The van der Waals surface area contributed by atoms with E-state index in [9.17, 15) is 18.0 Å². The first-order valence-corrected chi connectivity index (χ1v) is 13.9. The molecular formula is C27H27IN2O5S. The molecule has 0 aromatic heterocycles. The number of amides is 2. The van der Waals surface area contributed by atoms with E-state index in [4.69, 9.17) is 4.55 Å². The number of nitrogens with one attached hydrogen (secondary N) is 2. The van der Waals surface area contributed by atoms with Crippen molar-refractivity contribution in [3.8, 4) is 0 Å². The quantitative estimate of drug-likeness (QED) is 0.221. The second-order valence-electron chi connectivity index (χ2n) is 8.39. The van der Waals surface area contributed by atoms with Crippen LogP contribution in [0.3, 0.4) is 0 Å². The van der Waals surface area contributed by atoms with Crippen LogP contribution >= 0.6 is 22.6 Å². The van der Waals surface area contributed by atoms with E-state index < -0.39 is 27.7 Å². The third-order valence-corrected chi connectivity index (χ3v) is 6.97. The van der Waals surface area contributed by atoms with Gasteiger partial charge in [0.15, 0.2) is 0 Å². The monoisotopic (exact) mass is 618 g/mol. The molecule has 188 valence electrons. The summed E-state index contributed by atoms with van der Waals surface area (Å²) in [4.78, 5) is 25.6. The van der Waals surface area contributed by atoms with E-state index in [-0.39, 0.29) is 12.5 Å². The van der Waals surface area contributed by atoms with Crippen LogP contribution in [0.15, 0.2) is 79.4 Å². The summed E-state index contributed by atoms with van der Waals surface area (Å²) in [5, 5.41) is 5.45. The Morgan fingerprint density at radius 1 is 0.944 bits per heavy atom. The highest BCUT2D eigenvalue weighted by Crippen LogP contribution is 2.25. The Hall–Kier alpha value is -3.02. The summed E-state index contributed by atoms with van der Waals surface area (Å²) in [6.45, 7) is 5.70. The molecule has 3 aromatic carbocycles. The van der Waals surface area contributed by atoms with Gasteiger partial charge in [-0.05, 0) is 89.0 Å². The van der Waals surface area contributed by atoms with Crippen LogP contribution in [0.25, 0.3) is 5.57 Å². The van der Waals surface area contributed by atoms with Gasteiger partial charge in [0.2, 0.25) is 5.91 Å². The molecule has 0 heterocycles. The summed E-state index contributed by atoms with van der Waals surface area (Å²) in [6, 6.07) is 22.1. The van der Waals surface area contributed by atoms with E-state index in [0.29, 0.717) is 17.7 Å². The summed E-state index contributed by atoms with van der Waals surface area (Å²) in [5.41, 5.74) is 4.71. The maximum atomic E-state index is 13.3. The number of hydrogen-bond acceptors (Lipinski definition) is 4. The van der Waals surface area contributed by atoms with E-state index in [0.717, 1.165) is 25.8 Å². The standard InChI is InChI=1S/C27H27IN2O5S/c1-18(2)20-7-9-21(10-8-20)25(27(32)30-24-13-11-23(28)12-14-24)17-19-3-5-22(6-4-19)26(31)29-15-16-36(33,34)35/h3-14,25H,1,15-17H2,2H3,(H,29,31)(H,30,32)(H,33,34,35). The summed E-state index contributed by atoms with van der Waals surface area (Å²) >= 11 is 2.21. The van der Waals surface area contributed by atoms with E-state index in [1.165, 1.54) is 0 Å². The van der Waals surface area contributed by atoms with E-state index in [1.807, 2.05) is 55.5 Å². The normalized spacial score (nSPS) is 12.0. The molecule has 0 fully saturated rings. The van der Waals surface area contributed by atoms with Crippen molar-refractivity contribution in [2.45, 2.75) is 19.3 Å². The van der Waals surface area contributed by atoms with Crippen LogP contribution in [0.4, 0.5) is 5.69 Å². The molecule has 0 bridgehead atoms. The van der Waals surface area contributed by atoms with Gasteiger partial charge < -0.3 is 10.6 Å². The lowest BCUT2D eigenvalue weighted by molar-refractivity contribution is -0.117. The zero-order chi connectivity index (χ0) is 26.3. The second kappa shape index (κ2) is 12.3.